The summed E-state index contributed by atoms with van der Waals surface area (Å²) in [6.45, 7) is 1.21. The molecule has 5 heteroatoms. The molecular formula is C7H13NO4. The minimum absolute atomic E-state index is 0.125. The first-order chi connectivity index (χ1) is 5.57. The van der Waals surface area contributed by atoms with E-state index in [0.29, 0.717) is 0 Å². The van der Waals surface area contributed by atoms with Gasteiger partial charge in [-0.2, -0.15) is 0 Å². The SMILES string of the molecule is C[C@@H]1N=C(CO)[C@@H](O)[C@H](O)[C@@H]1O. The van der Waals surface area contributed by atoms with Crippen LogP contribution in [0.1, 0.15) is 6.92 Å². The summed E-state index contributed by atoms with van der Waals surface area (Å²) in [6.07, 6.45) is -3.56. The van der Waals surface area contributed by atoms with Gasteiger partial charge in [-0.1, -0.05) is 0 Å². The van der Waals surface area contributed by atoms with Gasteiger partial charge in [0.2, 0.25) is 0 Å². The minimum Gasteiger partial charge on any atom is -0.390 e. The van der Waals surface area contributed by atoms with Gasteiger partial charge < -0.3 is 20.4 Å². The van der Waals surface area contributed by atoms with Gasteiger partial charge in [0, 0.05) is 0 Å². The second-order valence-corrected chi connectivity index (χ2v) is 2.95. The van der Waals surface area contributed by atoms with Crippen molar-refractivity contribution in [1.29, 1.82) is 0 Å². The van der Waals surface area contributed by atoms with Gasteiger partial charge in [-0.3, -0.25) is 4.99 Å². The Morgan fingerprint density at radius 2 is 1.83 bits per heavy atom. The van der Waals surface area contributed by atoms with E-state index >= 15 is 0 Å². The van der Waals surface area contributed by atoms with E-state index in [2.05, 4.69) is 4.99 Å². The van der Waals surface area contributed by atoms with Crippen molar-refractivity contribution in [2.75, 3.05) is 6.61 Å². The van der Waals surface area contributed by atoms with E-state index in [-0.39, 0.29) is 5.71 Å². The molecule has 1 aliphatic heterocycles. The summed E-state index contributed by atoms with van der Waals surface area (Å²) in [5, 5.41) is 36.4. The summed E-state index contributed by atoms with van der Waals surface area (Å²) in [5.74, 6) is 0. The molecule has 12 heavy (non-hydrogen) atoms. The molecule has 0 aromatic heterocycles. The van der Waals surface area contributed by atoms with E-state index in [1.807, 2.05) is 0 Å². The van der Waals surface area contributed by atoms with Crippen LogP contribution in [-0.2, 0) is 0 Å². The van der Waals surface area contributed by atoms with Crippen molar-refractivity contribution < 1.29 is 20.4 Å². The monoisotopic (exact) mass is 175 g/mol. The van der Waals surface area contributed by atoms with Crippen LogP contribution in [0.4, 0.5) is 0 Å². The van der Waals surface area contributed by atoms with E-state index < -0.39 is 31.0 Å². The number of nitrogens with zero attached hydrogens (tertiary/aromatic N) is 1. The Hall–Kier alpha value is -0.490. The smallest absolute Gasteiger partial charge is 0.122 e. The zero-order valence-corrected chi connectivity index (χ0v) is 6.75. The van der Waals surface area contributed by atoms with Gasteiger partial charge in [0.15, 0.2) is 0 Å². The molecule has 0 saturated heterocycles. The van der Waals surface area contributed by atoms with Crippen LogP contribution in [0.15, 0.2) is 4.99 Å². The van der Waals surface area contributed by atoms with Crippen molar-refractivity contribution >= 4 is 5.71 Å². The first-order valence-corrected chi connectivity index (χ1v) is 3.79. The molecule has 70 valence electrons. The van der Waals surface area contributed by atoms with E-state index in [4.69, 9.17) is 5.11 Å². The van der Waals surface area contributed by atoms with Crippen molar-refractivity contribution in [1.82, 2.24) is 0 Å². The third kappa shape index (κ3) is 1.49. The molecule has 0 aliphatic carbocycles. The van der Waals surface area contributed by atoms with Crippen LogP contribution in [0.5, 0.6) is 0 Å². The predicted octanol–water partition coefficient (Wildman–Crippen LogP) is -2.10. The molecule has 0 spiro atoms. The molecule has 0 saturated carbocycles. The quantitative estimate of drug-likeness (QED) is 0.367. The molecule has 0 radical (unpaired) electrons. The van der Waals surface area contributed by atoms with Gasteiger partial charge in [0.05, 0.1) is 18.4 Å². The molecule has 1 heterocycles. The van der Waals surface area contributed by atoms with Gasteiger partial charge in [0.1, 0.15) is 18.3 Å². The fraction of sp³-hybridized carbons (Fsp3) is 0.857. The summed E-state index contributed by atoms with van der Waals surface area (Å²) in [7, 11) is 0. The molecule has 5 nitrogen and oxygen atoms in total. The van der Waals surface area contributed by atoms with E-state index in [0.717, 1.165) is 0 Å². The maximum atomic E-state index is 9.23. The Bertz CT molecular complexity index is 194. The minimum atomic E-state index is -1.25. The zero-order valence-electron chi connectivity index (χ0n) is 6.75. The molecule has 4 N–H and O–H groups in total. The fourth-order valence-corrected chi connectivity index (χ4v) is 1.22. The molecule has 1 rings (SSSR count). The Morgan fingerprint density at radius 3 is 2.33 bits per heavy atom. The molecule has 0 amide bonds. The second kappa shape index (κ2) is 3.49. The average molecular weight is 175 g/mol. The van der Waals surface area contributed by atoms with Gasteiger partial charge in [0.25, 0.3) is 0 Å². The normalized spacial score (nSPS) is 42.6. The molecule has 0 bridgehead atoms. The Balaban J connectivity index is 2.84. The summed E-state index contributed by atoms with van der Waals surface area (Å²) in [5.41, 5.74) is 0.125. The second-order valence-electron chi connectivity index (χ2n) is 2.95. The van der Waals surface area contributed by atoms with Crippen molar-refractivity contribution in [3.63, 3.8) is 0 Å². The highest BCUT2D eigenvalue weighted by Crippen LogP contribution is 2.15. The lowest BCUT2D eigenvalue weighted by molar-refractivity contribution is -0.0507. The van der Waals surface area contributed by atoms with Crippen LogP contribution in [0.25, 0.3) is 0 Å². The molecule has 1 aliphatic rings. The van der Waals surface area contributed by atoms with Gasteiger partial charge in [-0.05, 0) is 6.92 Å². The number of aliphatic imine (C=N–C) groups is 1. The summed E-state index contributed by atoms with van der Waals surface area (Å²) in [6, 6.07) is -0.481. The predicted molar refractivity (Wildman–Crippen MR) is 42.0 cm³/mol. The largest absolute Gasteiger partial charge is 0.390 e. The molecule has 0 aromatic rings. The number of rotatable bonds is 1. The molecular weight excluding hydrogens is 162 g/mol. The average Bonchev–Trinajstić information content (AvgIpc) is 2.08. The van der Waals surface area contributed by atoms with Gasteiger partial charge in [-0.25, -0.2) is 0 Å². The molecule has 0 aromatic carbocycles. The third-order valence-electron chi connectivity index (χ3n) is 2.04. The lowest BCUT2D eigenvalue weighted by Crippen LogP contribution is -2.51. The van der Waals surface area contributed by atoms with E-state index in [1.165, 1.54) is 0 Å². The van der Waals surface area contributed by atoms with Crippen LogP contribution in [0, 0.1) is 0 Å². The maximum Gasteiger partial charge on any atom is 0.122 e. The van der Waals surface area contributed by atoms with E-state index in [1.54, 1.807) is 6.92 Å². The van der Waals surface area contributed by atoms with Crippen molar-refractivity contribution in [2.24, 2.45) is 4.99 Å². The first kappa shape index (κ1) is 9.60. The first-order valence-electron chi connectivity index (χ1n) is 3.79. The van der Waals surface area contributed by atoms with Crippen LogP contribution in [-0.4, -0.2) is 57.1 Å². The van der Waals surface area contributed by atoms with Crippen LogP contribution in [0.2, 0.25) is 0 Å². The molecule has 0 unspecified atom stereocenters. The summed E-state index contributed by atoms with van der Waals surface area (Å²) in [4.78, 5) is 3.82. The van der Waals surface area contributed by atoms with Crippen LogP contribution >= 0.6 is 0 Å². The van der Waals surface area contributed by atoms with Crippen molar-refractivity contribution in [3.05, 3.63) is 0 Å². The zero-order chi connectivity index (χ0) is 9.30. The van der Waals surface area contributed by atoms with Gasteiger partial charge in [-0.15, -0.1) is 0 Å². The van der Waals surface area contributed by atoms with Crippen LogP contribution in [0.3, 0.4) is 0 Å². The lowest BCUT2D eigenvalue weighted by Gasteiger charge is -2.31. The molecule has 4 atom stereocenters. The lowest BCUT2D eigenvalue weighted by atomic mass is 9.95. The summed E-state index contributed by atoms with van der Waals surface area (Å²) >= 11 is 0. The molecule has 0 fully saturated rings. The highest BCUT2D eigenvalue weighted by Gasteiger charge is 2.36. The number of hydrogen-bond donors (Lipinski definition) is 4. The van der Waals surface area contributed by atoms with Crippen molar-refractivity contribution in [2.45, 2.75) is 31.3 Å². The Labute approximate surface area is 70.0 Å². The topological polar surface area (TPSA) is 93.3 Å². The van der Waals surface area contributed by atoms with Gasteiger partial charge >= 0.3 is 0 Å². The van der Waals surface area contributed by atoms with E-state index in [9.17, 15) is 15.3 Å². The summed E-state index contributed by atoms with van der Waals surface area (Å²) < 4.78 is 0. The number of hydrogen-bond acceptors (Lipinski definition) is 5. The fourth-order valence-electron chi connectivity index (χ4n) is 1.22. The third-order valence-corrected chi connectivity index (χ3v) is 2.04. The standard InChI is InChI=1S/C7H13NO4/c1-3-5(10)7(12)6(11)4(2-9)8-3/h3,5-7,9-12H,2H2,1H3/t3-,5+,6+,7+/m0/s1. The van der Waals surface area contributed by atoms with Crippen LogP contribution < -0.4 is 0 Å². The Kier molecular flexibility index (Phi) is 2.79. The maximum absolute atomic E-state index is 9.23. The highest BCUT2D eigenvalue weighted by molar-refractivity contribution is 5.91. The van der Waals surface area contributed by atoms with Crippen molar-refractivity contribution in [3.8, 4) is 0 Å². The number of aliphatic hydroxyl groups is 4. The Morgan fingerprint density at radius 1 is 1.25 bits per heavy atom. The number of aliphatic hydroxyl groups excluding tert-OH is 4. The highest BCUT2D eigenvalue weighted by atomic mass is 16.4.